The highest BCUT2D eigenvalue weighted by Gasteiger charge is 2.17. The average Bonchev–Trinajstić information content (AvgIpc) is 2.34. The first-order valence-electron chi connectivity index (χ1n) is 3.52. The summed E-state index contributed by atoms with van der Waals surface area (Å²) in [6.07, 6.45) is 3.52. The number of allylic oxidation sites excluding steroid dienone is 2. The third-order valence-corrected chi connectivity index (χ3v) is 1.78. The maximum Gasteiger partial charge on any atom is 0.303 e. The Balaban J connectivity index is 2.48. The minimum Gasteiger partial charge on any atom is -0.481 e. The van der Waals surface area contributed by atoms with Crippen LogP contribution >= 0.6 is 0 Å². The van der Waals surface area contributed by atoms with Crippen molar-refractivity contribution in [3.05, 3.63) is 23.2 Å². The molecule has 0 heterocycles. The molecule has 3 heteroatoms. The first kappa shape index (κ1) is 7.80. The Bertz CT molecular complexity index is 237. The molecule has 3 nitrogen and oxygen atoms in total. The molecule has 0 fully saturated rings. The summed E-state index contributed by atoms with van der Waals surface area (Å²) in [5.41, 5.74) is 0.719. The summed E-state index contributed by atoms with van der Waals surface area (Å²) >= 11 is 0. The fraction of sp³-hybridized carbons (Fsp3) is 0.500. The molecule has 1 rings (SSSR count). The molecule has 0 aromatic rings. The van der Waals surface area contributed by atoms with Gasteiger partial charge in [-0.1, -0.05) is 12.5 Å². The predicted octanol–water partition coefficient (Wildman–Crippen LogP) is 1.67. The second kappa shape index (κ2) is 3.20. The standard InChI is InChI=1S/C8H9NO2/c1-9-7-3-2-6(4-7)5-8(10)11/h4,6H,2-3,5H2,(H,10,11). The average molecular weight is 151 g/mol. The van der Waals surface area contributed by atoms with Crippen LogP contribution in [-0.2, 0) is 4.79 Å². The Hall–Kier alpha value is -1.30. The summed E-state index contributed by atoms with van der Waals surface area (Å²) in [5.74, 6) is -0.686. The predicted molar refractivity (Wildman–Crippen MR) is 39.7 cm³/mol. The monoisotopic (exact) mass is 151 g/mol. The second-order valence-electron chi connectivity index (χ2n) is 2.67. The van der Waals surface area contributed by atoms with Gasteiger partial charge >= 0.3 is 5.97 Å². The first-order valence-corrected chi connectivity index (χ1v) is 3.52. The number of carboxylic acids is 1. The normalized spacial score (nSPS) is 22.5. The van der Waals surface area contributed by atoms with E-state index in [4.69, 9.17) is 11.7 Å². The van der Waals surface area contributed by atoms with Gasteiger partial charge in [0, 0.05) is 0 Å². The number of aliphatic carboxylic acids is 1. The van der Waals surface area contributed by atoms with Crippen LogP contribution in [0.1, 0.15) is 19.3 Å². The largest absolute Gasteiger partial charge is 0.481 e. The fourth-order valence-corrected chi connectivity index (χ4v) is 1.25. The highest BCUT2D eigenvalue weighted by atomic mass is 16.4. The Morgan fingerprint density at radius 1 is 1.91 bits per heavy atom. The Kier molecular flexibility index (Phi) is 2.27. The van der Waals surface area contributed by atoms with Gasteiger partial charge < -0.3 is 5.11 Å². The molecule has 0 saturated heterocycles. The minimum atomic E-state index is -0.780. The molecule has 1 N–H and O–H groups in total. The van der Waals surface area contributed by atoms with Crippen molar-refractivity contribution in [2.24, 2.45) is 5.92 Å². The van der Waals surface area contributed by atoms with Crippen LogP contribution in [0.5, 0.6) is 0 Å². The molecule has 0 radical (unpaired) electrons. The van der Waals surface area contributed by atoms with Crippen LogP contribution in [0.25, 0.3) is 4.85 Å². The van der Waals surface area contributed by atoms with Crippen LogP contribution in [-0.4, -0.2) is 11.1 Å². The van der Waals surface area contributed by atoms with Gasteiger partial charge in [-0.2, -0.15) is 0 Å². The van der Waals surface area contributed by atoms with E-state index in [2.05, 4.69) is 4.85 Å². The van der Waals surface area contributed by atoms with Gasteiger partial charge in [-0.05, 0) is 12.3 Å². The molecule has 1 aliphatic rings. The number of hydrogen-bond acceptors (Lipinski definition) is 1. The Morgan fingerprint density at radius 2 is 2.64 bits per heavy atom. The highest BCUT2D eigenvalue weighted by molar-refractivity contribution is 5.67. The smallest absolute Gasteiger partial charge is 0.303 e. The van der Waals surface area contributed by atoms with Crippen molar-refractivity contribution in [1.29, 1.82) is 0 Å². The molecular weight excluding hydrogens is 142 g/mol. The zero-order valence-corrected chi connectivity index (χ0v) is 6.08. The minimum absolute atomic E-state index is 0.0941. The van der Waals surface area contributed by atoms with Gasteiger partial charge in [-0.15, -0.1) is 0 Å². The zero-order chi connectivity index (χ0) is 8.27. The summed E-state index contributed by atoms with van der Waals surface area (Å²) in [7, 11) is 0. The molecule has 58 valence electrons. The van der Waals surface area contributed by atoms with E-state index < -0.39 is 5.97 Å². The molecule has 0 aliphatic heterocycles. The molecule has 0 amide bonds. The Morgan fingerprint density at radius 3 is 3.09 bits per heavy atom. The molecule has 1 atom stereocenters. The lowest BCUT2D eigenvalue weighted by Crippen LogP contribution is -2.02. The van der Waals surface area contributed by atoms with Crippen LogP contribution in [0.2, 0.25) is 0 Å². The summed E-state index contributed by atoms with van der Waals surface area (Å²) in [6.45, 7) is 6.68. The van der Waals surface area contributed by atoms with E-state index in [1.807, 2.05) is 0 Å². The first-order chi connectivity index (χ1) is 5.22. The van der Waals surface area contributed by atoms with E-state index in [9.17, 15) is 4.79 Å². The molecule has 0 saturated carbocycles. The van der Waals surface area contributed by atoms with E-state index in [0.29, 0.717) is 0 Å². The molecule has 0 aromatic heterocycles. The summed E-state index contributed by atoms with van der Waals surface area (Å²) < 4.78 is 0. The zero-order valence-electron chi connectivity index (χ0n) is 6.08. The third kappa shape index (κ3) is 2.08. The van der Waals surface area contributed by atoms with Crippen LogP contribution < -0.4 is 0 Å². The van der Waals surface area contributed by atoms with Gasteiger partial charge in [0.15, 0.2) is 5.70 Å². The van der Waals surface area contributed by atoms with Crippen LogP contribution in [0, 0.1) is 12.5 Å². The van der Waals surface area contributed by atoms with Crippen molar-refractivity contribution < 1.29 is 9.90 Å². The number of carbonyl (C=O) groups is 1. The van der Waals surface area contributed by atoms with E-state index in [1.54, 1.807) is 6.08 Å². The van der Waals surface area contributed by atoms with Crippen molar-refractivity contribution in [2.75, 3.05) is 0 Å². The number of carboxylic acid groups (broad SMARTS) is 1. The van der Waals surface area contributed by atoms with Gasteiger partial charge in [-0.25, -0.2) is 4.85 Å². The van der Waals surface area contributed by atoms with Crippen molar-refractivity contribution in [2.45, 2.75) is 19.3 Å². The molecule has 11 heavy (non-hydrogen) atoms. The lowest BCUT2D eigenvalue weighted by atomic mass is 10.1. The maximum atomic E-state index is 10.2. The lowest BCUT2D eigenvalue weighted by Gasteiger charge is -2.00. The van der Waals surface area contributed by atoms with Gasteiger partial charge in [0.25, 0.3) is 0 Å². The topological polar surface area (TPSA) is 41.7 Å². The SMILES string of the molecule is [C-]#[N+]C1=CC(CC(=O)O)CC1. The highest BCUT2D eigenvalue weighted by Crippen LogP contribution is 2.26. The molecule has 1 aliphatic carbocycles. The number of nitrogens with zero attached hydrogens (tertiary/aromatic N) is 1. The third-order valence-electron chi connectivity index (χ3n) is 1.78. The van der Waals surface area contributed by atoms with Crippen LogP contribution in [0.3, 0.4) is 0 Å². The van der Waals surface area contributed by atoms with Gasteiger partial charge in [0.05, 0.1) is 13.0 Å². The number of hydrogen-bond donors (Lipinski definition) is 1. The van der Waals surface area contributed by atoms with Crippen molar-refractivity contribution in [3.8, 4) is 0 Å². The van der Waals surface area contributed by atoms with E-state index >= 15 is 0 Å². The molecule has 0 aromatic carbocycles. The molecular formula is C8H9NO2. The number of rotatable bonds is 2. The van der Waals surface area contributed by atoms with Crippen LogP contribution in [0.15, 0.2) is 11.8 Å². The van der Waals surface area contributed by atoms with Crippen LogP contribution in [0.4, 0.5) is 0 Å². The van der Waals surface area contributed by atoms with E-state index in [-0.39, 0.29) is 12.3 Å². The van der Waals surface area contributed by atoms with E-state index in [0.717, 1.165) is 18.5 Å². The fourth-order valence-electron chi connectivity index (χ4n) is 1.25. The van der Waals surface area contributed by atoms with Crippen molar-refractivity contribution in [3.63, 3.8) is 0 Å². The quantitative estimate of drug-likeness (QED) is 0.610. The van der Waals surface area contributed by atoms with E-state index in [1.165, 1.54) is 0 Å². The van der Waals surface area contributed by atoms with Gasteiger partial charge in [-0.3, -0.25) is 4.79 Å². The summed E-state index contributed by atoms with van der Waals surface area (Å²) in [4.78, 5) is 13.5. The van der Waals surface area contributed by atoms with Gasteiger partial charge in [0.2, 0.25) is 0 Å². The Labute approximate surface area is 65.2 Å². The maximum absolute atomic E-state index is 10.2. The molecule has 0 spiro atoms. The van der Waals surface area contributed by atoms with Gasteiger partial charge in [0.1, 0.15) is 0 Å². The van der Waals surface area contributed by atoms with Crippen molar-refractivity contribution >= 4 is 5.97 Å². The second-order valence-corrected chi connectivity index (χ2v) is 2.67. The van der Waals surface area contributed by atoms with Crippen molar-refractivity contribution in [1.82, 2.24) is 0 Å². The summed E-state index contributed by atoms with van der Waals surface area (Å²) in [5, 5.41) is 8.43. The molecule has 1 unspecified atom stereocenters. The lowest BCUT2D eigenvalue weighted by molar-refractivity contribution is -0.137. The molecule has 0 bridgehead atoms. The summed E-state index contributed by atoms with van der Waals surface area (Å²) in [6, 6.07) is 0.